The monoisotopic (exact) mass is 293 g/mol. The van der Waals surface area contributed by atoms with Gasteiger partial charge in [-0.2, -0.15) is 5.10 Å². The van der Waals surface area contributed by atoms with Crippen molar-refractivity contribution in [3.8, 4) is 11.5 Å². The van der Waals surface area contributed by atoms with E-state index < -0.39 is 0 Å². The van der Waals surface area contributed by atoms with Crippen molar-refractivity contribution >= 4 is 11.6 Å². The molecule has 0 aliphatic rings. The topological polar surface area (TPSA) is 39.1 Å². The number of aromatic nitrogens is 2. The summed E-state index contributed by atoms with van der Waals surface area (Å²) in [5.74, 6) is 1.32. The third-order valence-electron chi connectivity index (χ3n) is 3.07. The van der Waals surface area contributed by atoms with Gasteiger partial charge in [0.15, 0.2) is 5.75 Å². The van der Waals surface area contributed by atoms with Gasteiger partial charge < -0.3 is 10.1 Å². The number of nitrogens with one attached hydrogen (secondary N) is 1. The lowest BCUT2D eigenvalue weighted by Gasteiger charge is -2.15. The standard InChI is InChI=1S/C15H20ClN3O/c1-4-7-17-11(2)12-5-6-15(14(16)8-12)20-13-9-18-19(3)10-13/h5-6,8-11,17H,4,7H2,1-3H3. The molecule has 0 aliphatic heterocycles. The second kappa shape index (κ2) is 6.77. The quantitative estimate of drug-likeness (QED) is 0.877. The molecule has 0 amide bonds. The summed E-state index contributed by atoms with van der Waals surface area (Å²) in [7, 11) is 1.85. The molecule has 0 saturated heterocycles. The second-order valence-electron chi connectivity index (χ2n) is 4.82. The molecule has 0 saturated carbocycles. The van der Waals surface area contributed by atoms with Crippen LogP contribution in [0.25, 0.3) is 0 Å². The van der Waals surface area contributed by atoms with Crippen LogP contribution >= 0.6 is 11.6 Å². The van der Waals surface area contributed by atoms with E-state index in [4.69, 9.17) is 16.3 Å². The average molecular weight is 294 g/mol. The lowest BCUT2D eigenvalue weighted by atomic mass is 10.1. The Morgan fingerprint density at radius 2 is 2.25 bits per heavy atom. The van der Waals surface area contributed by atoms with Crippen molar-refractivity contribution < 1.29 is 4.74 Å². The number of halogens is 1. The first-order chi connectivity index (χ1) is 9.60. The summed E-state index contributed by atoms with van der Waals surface area (Å²) in [4.78, 5) is 0. The highest BCUT2D eigenvalue weighted by atomic mass is 35.5. The molecule has 1 N–H and O–H groups in total. The molecule has 0 aliphatic carbocycles. The SMILES string of the molecule is CCCNC(C)c1ccc(Oc2cnn(C)c2)c(Cl)c1. The molecule has 1 aromatic heterocycles. The van der Waals surface area contributed by atoms with Gasteiger partial charge in [-0.1, -0.05) is 24.6 Å². The Kier molecular flexibility index (Phi) is 5.04. The van der Waals surface area contributed by atoms with Crippen LogP contribution in [-0.4, -0.2) is 16.3 Å². The van der Waals surface area contributed by atoms with Gasteiger partial charge in [0.2, 0.25) is 0 Å². The molecule has 20 heavy (non-hydrogen) atoms. The summed E-state index contributed by atoms with van der Waals surface area (Å²) in [6.45, 7) is 5.27. The van der Waals surface area contributed by atoms with Crippen LogP contribution in [-0.2, 0) is 7.05 Å². The smallest absolute Gasteiger partial charge is 0.165 e. The lowest BCUT2D eigenvalue weighted by Crippen LogP contribution is -2.19. The molecule has 2 rings (SSSR count). The molecule has 5 heteroatoms. The van der Waals surface area contributed by atoms with Gasteiger partial charge in [-0.05, 0) is 37.6 Å². The summed E-state index contributed by atoms with van der Waals surface area (Å²) < 4.78 is 7.40. The van der Waals surface area contributed by atoms with E-state index in [0.717, 1.165) is 18.5 Å². The zero-order valence-electron chi connectivity index (χ0n) is 12.1. The van der Waals surface area contributed by atoms with Crippen molar-refractivity contribution in [2.24, 2.45) is 7.05 Å². The largest absolute Gasteiger partial charge is 0.452 e. The molecule has 2 aromatic rings. The van der Waals surface area contributed by atoms with Crippen molar-refractivity contribution in [1.29, 1.82) is 0 Å². The number of hydrogen-bond acceptors (Lipinski definition) is 3. The van der Waals surface area contributed by atoms with E-state index in [-0.39, 0.29) is 6.04 Å². The van der Waals surface area contributed by atoms with E-state index in [1.807, 2.05) is 25.2 Å². The maximum Gasteiger partial charge on any atom is 0.165 e. The number of rotatable bonds is 6. The minimum absolute atomic E-state index is 0.278. The molecule has 0 spiro atoms. The van der Waals surface area contributed by atoms with Crippen molar-refractivity contribution in [2.75, 3.05) is 6.54 Å². The van der Waals surface area contributed by atoms with Gasteiger partial charge in [0.25, 0.3) is 0 Å². The summed E-state index contributed by atoms with van der Waals surface area (Å²) in [5, 5.41) is 8.10. The zero-order valence-corrected chi connectivity index (χ0v) is 12.8. The second-order valence-corrected chi connectivity index (χ2v) is 5.22. The molecule has 1 heterocycles. The molecule has 0 fully saturated rings. The fourth-order valence-electron chi connectivity index (χ4n) is 1.93. The Labute approximate surface area is 124 Å². The molecule has 1 atom stereocenters. The maximum atomic E-state index is 6.28. The highest BCUT2D eigenvalue weighted by Crippen LogP contribution is 2.31. The van der Waals surface area contributed by atoms with Gasteiger partial charge >= 0.3 is 0 Å². The maximum absolute atomic E-state index is 6.28. The third-order valence-corrected chi connectivity index (χ3v) is 3.36. The minimum Gasteiger partial charge on any atom is -0.452 e. The molecule has 108 valence electrons. The first kappa shape index (κ1) is 14.9. The van der Waals surface area contributed by atoms with E-state index in [9.17, 15) is 0 Å². The highest BCUT2D eigenvalue weighted by molar-refractivity contribution is 6.32. The van der Waals surface area contributed by atoms with E-state index >= 15 is 0 Å². The minimum atomic E-state index is 0.278. The van der Waals surface area contributed by atoms with Crippen molar-refractivity contribution in [3.63, 3.8) is 0 Å². The Morgan fingerprint density at radius 1 is 1.45 bits per heavy atom. The molecule has 4 nitrogen and oxygen atoms in total. The lowest BCUT2D eigenvalue weighted by molar-refractivity contribution is 0.481. The van der Waals surface area contributed by atoms with Crippen LogP contribution in [0.3, 0.4) is 0 Å². The van der Waals surface area contributed by atoms with Crippen molar-refractivity contribution in [2.45, 2.75) is 26.3 Å². The van der Waals surface area contributed by atoms with Gasteiger partial charge in [0.1, 0.15) is 5.75 Å². The summed E-state index contributed by atoms with van der Waals surface area (Å²) in [5.41, 5.74) is 1.15. The fourth-order valence-corrected chi connectivity index (χ4v) is 2.15. The third kappa shape index (κ3) is 3.74. The number of benzene rings is 1. The molecule has 1 aromatic carbocycles. The van der Waals surface area contributed by atoms with E-state index in [1.165, 1.54) is 0 Å². The number of ether oxygens (including phenoxy) is 1. The Morgan fingerprint density at radius 3 is 2.85 bits per heavy atom. The first-order valence-electron chi connectivity index (χ1n) is 6.79. The van der Waals surface area contributed by atoms with Gasteiger partial charge in [-0.15, -0.1) is 0 Å². The number of hydrogen-bond donors (Lipinski definition) is 1. The van der Waals surface area contributed by atoms with Crippen LogP contribution in [0.15, 0.2) is 30.6 Å². The predicted octanol–water partition coefficient (Wildman–Crippen LogP) is 3.93. The van der Waals surface area contributed by atoms with Crippen LogP contribution in [0, 0.1) is 0 Å². The normalized spacial score (nSPS) is 12.4. The summed E-state index contributed by atoms with van der Waals surface area (Å²) in [6.07, 6.45) is 4.58. The molecule has 0 radical (unpaired) electrons. The van der Waals surface area contributed by atoms with Crippen molar-refractivity contribution in [1.82, 2.24) is 15.1 Å². The molecule has 1 unspecified atom stereocenters. The first-order valence-corrected chi connectivity index (χ1v) is 7.17. The van der Waals surface area contributed by atoms with E-state index in [2.05, 4.69) is 24.3 Å². The van der Waals surface area contributed by atoms with Gasteiger partial charge in [-0.3, -0.25) is 4.68 Å². The van der Waals surface area contributed by atoms with Gasteiger partial charge in [-0.25, -0.2) is 0 Å². The number of nitrogens with zero attached hydrogens (tertiary/aromatic N) is 2. The summed E-state index contributed by atoms with van der Waals surface area (Å²) in [6, 6.07) is 6.15. The van der Waals surface area contributed by atoms with Crippen LogP contribution < -0.4 is 10.1 Å². The van der Waals surface area contributed by atoms with Crippen molar-refractivity contribution in [3.05, 3.63) is 41.2 Å². The highest BCUT2D eigenvalue weighted by Gasteiger charge is 2.09. The molecular weight excluding hydrogens is 274 g/mol. The predicted molar refractivity (Wildman–Crippen MR) is 81.4 cm³/mol. The van der Waals surface area contributed by atoms with Crippen LogP contribution in [0.4, 0.5) is 0 Å². The molecule has 0 bridgehead atoms. The number of aryl methyl sites for hydroxylation is 1. The Hall–Kier alpha value is -1.52. The van der Waals surface area contributed by atoms with Crippen LogP contribution in [0.5, 0.6) is 11.5 Å². The van der Waals surface area contributed by atoms with E-state index in [0.29, 0.717) is 16.5 Å². The Balaban J connectivity index is 2.09. The van der Waals surface area contributed by atoms with Gasteiger partial charge in [0, 0.05) is 13.1 Å². The van der Waals surface area contributed by atoms with Crippen LogP contribution in [0.2, 0.25) is 5.02 Å². The van der Waals surface area contributed by atoms with E-state index in [1.54, 1.807) is 17.1 Å². The van der Waals surface area contributed by atoms with Crippen LogP contribution in [0.1, 0.15) is 31.9 Å². The Bertz CT molecular complexity index is 568. The zero-order chi connectivity index (χ0) is 14.5. The fraction of sp³-hybridized carbons (Fsp3) is 0.400. The average Bonchev–Trinajstić information content (AvgIpc) is 2.83. The summed E-state index contributed by atoms with van der Waals surface area (Å²) >= 11 is 6.28. The van der Waals surface area contributed by atoms with Gasteiger partial charge in [0.05, 0.1) is 17.4 Å². The molecular formula is C15H20ClN3O.